The van der Waals surface area contributed by atoms with Crippen LogP contribution in [0.2, 0.25) is 0 Å². The summed E-state index contributed by atoms with van der Waals surface area (Å²) in [7, 11) is 0. The van der Waals surface area contributed by atoms with Crippen molar-refractivity contribution in [3.63, 3.8) is 0 Å². The molecule has 1 aliphatic carbocycles. The molecule has 0 aromatic carbocycles. The lowest BCUT2D eigenvalue weighted by Gasteiger charge is -2.29. The van der Waals surface area contributed by atoms with E-state index in [1.54, 1.807) is 0 Å². The molecule has 0 aromatic rings. The first kappa shape index (κ1) is 13.3. The van der Waals surface area contributed by atoms with Crippen molar-refractivity contribution in [3.05, 3.63) is 0 Å². The number of rotatable bonds is 2. The van der Waals surface area contributed by atoms with E-state index < -0.39 is 30.2 Å². The molecular weight excluding hydrogens is 223 g/mol. The fourth-order valence-electron chi connectivity index (χ4n) is 1.78. The van der Waals surface area contributed by atoms with Crippen molar-refractivity contribution >= 4 is 5.97 Å². The zero-order valence-electron chi connectivity index (χ0n) is 9.09. The summed E-state index contributed by atoms with van der Waals surface area (Å²) in [4.78, 5) is 11.1. The van der Waals surface area contributed by atoms with Crippen LogP contribution in [-0.4, -0.2) is 24.3 Å². The van der Waals surface area contributed by atoms with E-state index in [2.05, 4.69) is 0 Å². The van der Waals surface area contributed by atoms with Gasteiger partial charge in [-0.1, -0.05) is 0 Å². The summed E-state index contributed by atoms with van der Waals surface area (Å²) >= 11 is 0. The van der Waals surface area contributed by atoms with Crippen LogP contribution < -0.4 is 5.73 Å². The second-order valence-electron chi connectivity index (χ2n) is 4.24. The van der Waals surface area contributed by atoms with Crippen molar-refractivity contribution in [3.8, 4) is 0 Å². The topological polar surface area (TPSA) is 52.3 Å². The number of carbonyl (C=O) groups is 1. The number of hydrogen-bond donors (Lipinski definition) is 1. The molecule has 1 rings (SSSR count). The monoisotopic (exact) mass is 239 g/mol. The van der Waals surface area contributed by atoms with Gasteiger partial charge >= 0.3 is 12.1 Å². The Balaban J connectivity index is 2.35. The maximum atomic E-state index is 12.3. The smallest absolute Gasteiger partial charge is 0.391 e. The SMILES string of the molecule is C[C@H](N)C(=O)O[C@H]1CC[C@@H](C(F)(F)F)CC1. The zero-order valence-corrected chi connectivity index (χ0v) is 9.09. The van der Waals surface area contributed by atoms with Gasteiger partial charge in [0.2, 0.25) is 0 Å². The van der Waals surface area contributed by atoms with Gasteiger partial charge in [0.1, 0.15) is 12.1 Å². The van der Waals surface area contributed by atoms with Crippen molar-refractivity contribution in [2.45, 2.75) is 50.9 Å². The van der Waals surface area contributed by atoms with Crippen LogP contribution in [0.25, 0.3) is 0 Å². The van der Waals surface area contributed by atoms with Crippen molar-refractivity contribution in [1.29, 1.82) is 0 Å². The first-order valence-corrected chi connectivity index (χ1v) is 5.33. The number of hydrogen-bond acceptors (Lipinski definition) is 3. The summed E-state index contributed by atoms with van der Waals surface area (Å²) < 4.78 is 42.0. The predicted molar refractivity (Wildman–Crippen MR) is 51.5 cm³/mol. The molecule has 0 bridgehead atoms. The van der Waals surface area contributed by atoms with Crippen molar-refractivity contribution in [2.75, 3.05) is 0 Å². The molecule has 0 unspecified atom stereocenters. The maximum Gasteiger partial charge on any atom is 0.391 e. The highest BCUT2D eigenvalue weighted by Crippen LogP contribution is 2.38. The quantitative estimate of drug-likeness (QED) is 0.750. The molecule has 1 atom stereocenters. The highest BCUT2D eigenvalue weighted by Gasteiger charge is 2.42. The molecule has 1 fully saturated rings. The van der Waals surface area contributed by atoms with Gasteiger partial charge in [0.15, 0.2) is 0 Å². The molecule has 0 saturated heterocycles. The standard InChI is InChI=1S/C10H16F3NO2/c1-6(14)9(15)16-8-4-2-7(3-5-8)10(11,12)13/h6-8H,2-5,14H2,1H3/t6-,7-,8+/m0/s1. The molecule has 2 N–H and O–H groups in total. The second-order valence-corrected chi connectivity index (χ2v) is 4.24. The van der Waals surface area contributed by atoms with E-state index in [0.29, 0.717) is 0 Å². The third-order valence-corrected chi connectivity index (χ3v) is 2.79. The number of ether oxygens (including phenoxy) is 1. The largest absolute Gasteiger partial charge is 0.461 e. The van der Waals surface area contributed by atoms with Crippen LogP contribution in [0.1, 0.15) is 32.6 Å². The van der Waals surface area contributed by atoms with Gasteiger partial charge in [-0.05, 0) is 32.6 Å². The molecule has 0 heterocycles. The minimum atomic E-state index is -4.13. The molecule has 0 amide bonds. The Hall–Kier alpha value is -0.780. The van der Waals surface area contributed by atoms with E-state index in [-0.39, 0.29) is 25.7 Å². The number of nitrogens with two attached hydrogens (primary N) is 1. The Bertz CT molecular complexity index is 245. The van der Waals surface area contributed by atoms with Gasteiger partial charge in [-0.25, -0.2) is 0 Å². The third kappa shape index (κ3) is 3.66. The Labute approximate surface area is 92.1 Å². The summed E-state index contributed by atoms with van der Waals surface area (Å²) in [5.74, 6) is -1.80. The van der Waals surface area contributed by atoms with Crippen LogP contribution >= 0.6 is 0 Å². The Morgan fingerprint density at radius 2 is 1.81 bits per heavy atom. The average Bonchev–Trinajstić information content (AvgIpc) is 2.17. The number of esters is 1. The van der Waals surface area contributed by atoms with Gasteiger partial charge in [0.25, 0.3) is 0 Å². The summed E-state index contributed by atoms with van der Waals surface area (Å²) in [5.41, 5.74) is 5.30. The van der Waals surface area contributed by atoms with Crippen LogP contribution in [0.15, 0.2) is 0 Å². The molecule has 0 aliphatic heterocycles. The molecule has 3 nitrogen and oxygen atoms in total. The Morgan fingerprint density at radius 1 is 1.31 bits per heavy atom. The Morgan fingerprint density at radius 3 is 2.19 bits per heavy atom. The molecule has 16 heavy (non-hydrogen) atoms. The van der Waals surface area contributed by atoms with Crippen LogP contribution in [-0.2, 0) is 9.53 Å². The van der Waals surface area contributed by atoms with E-state index in [4.69, 9.17) is 10.5 Å². The van der Waals surface area contributed by atoms with Gasteiger partial charge < -0.3 is 10.5 Å². The van der Waals surface area contributed by atoms with E-state index in [9.17, 15) is 18.0 Å². The number of halogens is 3. The van der Waals surface area contributed by atoms with E-state index in [0.717, 1.165) is 0 Å². The van der Waals surface area contributed by atoms with E-state index >= 15 is 0 Å². The van der Waals surface area contributed by atoms with Crippen LogP contribution in [0.5, 0.6) is 0 Å². The molecular formula is C10H16F3NO2. The highest BCUT2D eigenvalue weighted by atomic mass is 19.4. The highest BCUT2D eigenvalue weighted by molar-refractivity contribution is 5.75. The van der Waals surface area contributed by atoms with Gasteiger partial charge in [0.05, 0.1) is 5.92 Å². The summed E-state index contributed by atoms with van der Waals surface area (Å²) in [5, 5.41) is 0. The molecule has 94 valence electrons. The van der Waals surface area contributed by atoms with Gasteiger partial charge in [0, 0.05) is 0 Å². The van der Waals surface area contributed by atoms with E-state index in [1.165, 1.54) is 6.92 Å². The molecule has 0 spiro atoms. The lowest BCUT2D eigenvalue weighted by molar-refractivity contribution is -0.188. The third-order valence-electron chi connectivity index (χ3n) is 2.79. The molecule has 1 aliphatic rings. The van der Waals surface area contributed by atoms with Crippen molar-refractivity contribution < 1.29 is 22.7 Å². The summed E-state index contributed by atoms with van der Waals surface area (Å²) in [6, 6.07) is -0.722. The first-order chi connectivity index (χ1) is 7.30. The summed E-state index contributed by atoms with van der Waals surface area (Å²) in [6.07, 6.45) is -3.94. The lowest BCUT2D eigenvalue weighted by atomic mass is 9.87. The van der Waals surface area contributed by atoms with Crippen molar-refractivity contribution in [1.82, 2.24) is 0 Å². The minimum Gasteiger partial charge on any atom is -0.461 e. The maximum absolute atomic E-state index is 12.3. The van der Waals surface area contributed by atoms with E-state index in [1.807, 2.05) is 0 Å². The summed E-state index contributed by atoms with van der Waals surface area (Å²) in [6.45, 7) is 1.49. The number of alkyl halides is 3. The first-order valence-electron chi connectivity index (χ1n) is 5.33. The fraction of sp³-hybridized carbons (Fsp3) is 0.900. The molecule has 0 aromatic heterocycles. The van der Waals surface area contributed by atoms with Gasteiger partial charge in [-0.3, -0.25) is 4.79 Å². The van der Waals surface area contributed by atoms with Crippen molar-refractivity contribution in [2.24, 2.45) is 11.7 Å². The minimum absolute atomic E-state index is 0.0282. The average molecular weight is 239 g/mol. The van der Waals surface area contributed by atoms with Crippen LogP contribution in [0.3, 0.4) is 0 Å². The second kappa shape index (κ2) is 5.03. The Kier molecular flexibility index (Phi) is 4.18. The van der Waals surface area contributed by atoms with Gasteiger partial charge in [-0.15, -0.1) is 0 Å². The van der Waals surface area contributed by atoms with Gasteiger partial charge in [-0.2, -0.15) is 13.2 Å². The predicted octanol–water partition coefficient (Wildman–Crippen LogP) is 2.00. The lowest BCUT2D eigenvalue weighted by Crippen LogP contribution is -2.36. The van der Waals surface area contributed by atoms with Crippen LogP contribution in [0, 0.1) is 5.92 Å². The zero-order chi connectivity index (χ0) is 12.3. The molecule has 6 heteroatoms. The fourth-order valence-corrected chi connectivity index (χ4v) is 1.78. The van der Waals surface area contributed by atoms with Crippen LogP contribution in [0.4, 0.5) is 13.2 Å². The number of carbonyl (C=O) groups excluding carboxylic acids is 1. The normalized spacial score (nSPS) is 28.6. The molecule has 1 saturated carbocycles. The molecule has 0 radical (unpaired) electrons.